The van der Waals surface area contributed by atoms with Crippen molar-refractivity contribution < 1.29 is 5.11 Å². The van der Waals surface area contributed by atoms with E-state index in [4.69, 9.17) is 0 Å². The summed E-state index contributed by atoms with van der Waals surface area (Å²) in [6, 6.07) is 0. The van der Waals surface area contributed by atoms with Gasteiger partial charge in [0.1, 0.15) is 11.4 Å². The molecule has 0 radical (unpaired) electrons. The first-order valence-corrected chi connectivity index (χ1v) is 6.28. The first-order valence-electron chi connectivity index (χ1n) is 6.28. The third-order valence-electron chi connectivity index (χ3n) is 3.29. The molecule has 1 aliphatic heterocycles. The maximum absolute atomic E-state index is 10.1. The van der Waals surface area contributed by atoms with Crippen LogP contribution in [0.1, 0.15) is 12.8 Å². The molecule has 1 aromatic heterocycles. The number of pyridine rings is 1. The first kappa shape index (κ1) is 12.6. The topological polar surface area (TPSA) is 72.5 Å². The Kier molecular flexibility index (Phi) is 3.64. The molecule has 6 heteroatoms. The molecule has 0 atom stereocenters. The van der Waals surface area contributed by atoms with Crippen molar-refractivity contribution in [3.8, 4) is 5.75 Å². The molecule has 1 aromatic rings. The monoisotopic (exact) mass is 251 g/mol. The van der Waals surface area contributed by atoms with Gasteiger partial charge in [-0.15, -0.1) is 0 Å². The van der Waals surface area contributed by atoms with Crippen molar-refractivity contribution in [1.29, 1.82) is 0 Å². The Hall–Kier alpha value is -1.85. The van der Waals surface area contributed by atoms with Gasteiger partial charge >= 0.3 is 0 Å². The van der Waals surface area contributed by atoms with Gasteiger partial charge in [-0.25, -0.2) is 4.98 Å². The van der Waals surface area contributed by atoms with Crippen LogP contribution >= 0.6 is 0 Å². The van der Waals surface area contributed by atoms with E-state index in [1.165, 1.54) is 12.8 Å². The molecule has 0 bridgehead atoms. The van der Waals surface area contributed by atoms with Gasteiger partial charge in [0.25, 0.3) is 0 Å². The van der Waals surface area contributed by atoms with Gasteiger partial charge < -0.3 is 26.0 Å². The van der Waals surface area contributed by atoms with E-state index in [0.717, 1.165) is 24.6 Å². The maximum atomic E-state index is 10.1. The van der Waals surface area contributed by atoms with Crippen molar-refractivity contribution in [3.63, 3.8) is 0 Å². The lowest BCUT2D eigenvalue weighted by atomic mass is 10.2. The highest BCUT2D eigenvalue weighted by molar-refractivity contribution is 5.88. The smallest absolute Gasteiger partial charge is 0.184 e. The van der Waals surface area contributed by atoms with Gasteiger partial charge in [0, 0.05) is 34.2 Å². The first-order chi connectivity index (χ1) is 8.72. The normalized spacial score (nSPS) is 14.7. The van der Waals surface area contributed by atoms with Gasteiger partial charge in [-0.2, -0.15) is 0 Å². The molecule has 0 aliphatic carbocycles. The van der Waals surface area contributed by atoms with Crippen molar-refractivity contribution in [1.82, 2.24) is 4.98 Å². The highest BCUT2D eigenvalue weighted by Crippen LogP contribution is 2.42. The number of rotatable bonds is 4. The summed E-state index contributed by atoms with van der Waals surface area (Å²) in [6.07, 6.45) is 2.38. The van der Waals surface area contributed by atoms with Crippen LogP contribution in [0.3, 0.4) is 0 Å². The number of hydrogen-bond donors (Lipinski definition) is 4. The zero-order chi connectivity index (χ0) is 13.1. The minimum atomic E-state index is 0.146. The molecule has 0 spiro atoms. The fourth-order valence-electron chi connectivity index (χ4n) is 2.38. The number of aromatic nitrogens is 1. The van der Waals surface area contributed by atoms with Gasteiger partial charge in [0.05, 0.1) is 0 Å². The van der Waals surface area contributed by atoms with Gasteiger partial charge in [-0.05, 0) is 12.8 Å². The lowest BCUT2D eigenvalue weighted by Crippen LogP contribution is -2.21. The summed E-state index contributed by atoms with van der Waals surface area (Å²) >= 11 is 0. The van der Waals surface area contributed by atoms with E-state index in [0.29, 0.717) is 11.5 Å². The minimum absolute atomic E-state index is 0.146. The van der Waals surface area contributed by atoms with Gasteiger partial charge in [0.2, 0.25) is 0 Å². The molecule has 4 N–H and O–H groups in total. The number of nitrogens with one attached hydrogen (secondary N) is 3. The fourth-order valence-corrected chi connectivity index (χ4v) is 2.38. The van der Waals surface area contributed by atoms with Crippen LogP contribution in [0.5, 0.6) is 5.75 Å². The Morgan fingerprint density at radius 1 is 1.00 bits per heavy atom. The van der Waals surface area contributed by atoms with Crippen molar-refractivity contribution in [2.75, 3.05) is 55.1 Å². The molecule has 0 aromatic carbocycles. The van der Waals surface area contributed by atoms with Crippen LogP contribution in [0.25, 0.3) is 0 Å². The standard InChI is InChI=1S/C12H21N5O/c1-13-8-9(14-2)12(17-6-4-5-7-17)16-11(15-3)10(8)18/h14,18H,4-7H2,1-3H3,(H2,13,15,16). The minimum Gasteiger partial charge on any atom is -0.503 e. The largest absolute Gasteiger partial charge is 0.503 e. The average Bonchev–Trinajstić information content (AvgIpc) is 2.91. The Morgan fingerprint density at radius 3 is 2.11 bits per heavy atom. The molecule has 0 saturated carbocycles. The van der Waals surface area contributed by atoms with Crippen molar-refractivity contribution in [3.05, 3.63) is 0 Å². The number of hydrogen-bond acceptors (Lipinski definition) is 6. The second-order valence-corrected chi connectivity index (χ2v) is 4.33. The van der Waals surface area contributed by atoms with Gasteiger partial charge in [-0.1, -0.05) is 0 Å². The summed E-state index contributed by atoms with van der Waals surface area (Å²) in [5.74, 6) is 1.54. The summed E-state index contributed by atoms with van der Waals surface area (Å²) in [7, 11) is 5.40. The molecular weight excluding hydrogens is 230 g/mol. The lowest BCUT2D eigenvalue weighted by molar-refractivity contribution is 0.478. The second kappa shape index (κ2) is 5.20. The van der Waals surface area contributed by atoms with Crippen LogP contribution in [0.15, 0.2) is 0 Å². The highest BCUT2D eigenvalue weighted by Gasteiger charge is 2.23. The summed E-state index contributed by atoms with van der Waals surface area (Å²) < 4.78 is 0. The lowest BCUT2D eigenvalue weighted by Gasteiger charge is -2.24. The Morgan fingerprint density at radius 2 is 1.61 bits per heavy atom. The fraction of sp³-hybridized carbons (Fsp3) is 0.583. The van der Waals surface area contributed by atoms with Crippen LogP contribution in [0.2, 0.25) is 0 Å². The van der Waals surface area contributed by atoms with Crippen LogP contribution < -0.4 is 20.9 Å². The van der Waals surface area contributed by atoms with E-state index in [1.807, 2.05) is 7.05 Å². The van der Waals surface area contributed by atoms with Crippen LogP contribution in [-0.2, 0) is 0 Å². The molecule has 1 saturated heterocycles. The van der Waals surface area contributed by atoms with Crippen molar-refractivity contribution in [2.45, 2.75) is 12.8 Å². The Labute approximate surface area is 107 Å². The predicted molar refractivity (Wildman–Crippen MR) is 76.0 cm³/mol. The summed E-state index contributed by atoms with van der Waals surface area (Å²) in [4.78, 5) is 6.76. The molecule has 6 nitrogen and oxygen atoms in total. The van der Waals surface area contributed by atoms with Crippen LogP contribution in [0.4, 0.5) is 23.0 Å². The predicted octanol–water partition coefficient (Wildman–Crippen LogP) is 1.51. The third kappa shape index (κ3) is 1.98. The third-order valence-corrected chi connectivity index (χ3v) is 3.29. The average molecular weight is 251 g/mol. The molecule has 2 heterocycles. The van der Waals surface area contributed by atoms with E-state index in [9.17, 15) is 5.11 Å². The quantitative estimate of drug-likeness (QED) is 0.650. The van der Waals surface area contributed by atoms with E-state index in [-0.39, 0.29) is 5.75 Å². The molecule has 1 fully saturated rings. The van der Waals surface area contributed by atoms with Gasteiger partial charge in [-0.3, -0.25) is 0 Å². The molecule has 1 aliphatic rings. The van der Waals surface area contributed by atoms with Crippen molar-refractivity contribution in [2.24, 2.45) is 0 Å². The summed E-state index contributed by atoms with van der Waals surface area (Å²) in [5, 5.41) is 19.2. The molecule has 0 amide bonds. The van der Waals surface area contributed by atoms with E-state index in [2.05, 4.69) is 25.8 Å². The number of nitrogens with zero attached hydrogens (tertiary/aromatic N) is 2. The van der Waals surface area contributed by atoms with E-state index >= 15 is 0 Å². The maximum Gasteiger partial charge on any atom is 0.184 e. The molecule has 100 valence electrons. The molecule has 0 unspecified atom stereocenters. The van der Waals surface area contributed by atoms with E-state index < -0.39 is 0 Å². The molecule has 2 rings (SSSR count). The van der Waals surface area contributed by atoms with E-state index in [1.54, 1.807) is 14.1 Å². The van der Waals surface area contributed by atoms with Crippen molar-refractivity contribution >= 4 is 23.0 Å². The molecule has 18 heavy (non-hydrogen) atoms. The SMILES string of the molecule is CNc1nc(N2CCCC2)c(NC)c(NC)c1O. The Balaban J connectivity index is 2.55. The van der Waals surface area contributed by atoms with Crippen LogP contribution in [0, 0.1) is 0 Å². The number of aromatic hydroxyl groups is 1. The van der Waals surface area contributed by atoms with Gasteiger partial charge in [0.15, 0.2) is 17.4 Å². The van der Waals surface area contributed by atoms with Crippen LogP contribution in [-0.4, -0.2) is 44.3 Å². The second-order valence-electron chi connectivity index (χ2n) is 4.33. The Bertz CT molecular complexity index is 429. The zero-order valence-corrected chi connectivity index (χ0v) is 11.2. The number of anilines is 4. The zero-order valence-electron chi connectivity index (χ0n) is 11.2. The summed E-state index contributed by atoms with van der Waals surface area (Å²) in [6.45, 7) is 2.03. The molecular formula is C12H21N5O. The summed E-state index contributed by atoms with van der Waals surface area (Å²) in [5.41, 5.74) is 1.52. The highest BCUT2D eigenvalue weighted by atomic mass is 16.3.